The van der Waals surface area contributed by atoms with Gasteiger partial charge in [-0.05, 0) is 49.8 Å². The molecule has 0 fully saturated rings. The minimum Gasteiger partial charge on any atom is -0.494 e. The summed E-state index contributed by atoms with van der Waals surface area (Å²) in [5.41, 5.74) is 0.981. The van der Waals surface area contributed by atoms with Gasteiger partial charge in [-0.2, -0.15) is 0 Å². The van der Waals surface area contributed by atoms with Crippen molar-refractivity contribution < 1.29 is 9.53 Å². The van der Waals surface area contributed by atoms with Gasteiger partial charge in [-0.3, -0.25) is 0 Å². The zero-order valence-electron chi connectivity index (χ0n) is 14.2. The van der Waals surface area contributed by atoms with E-state index in [1.165, 1.54) is 19.3 Å². The maximum Gasteiger partial charge on any atom is 0.129 e. The quantitative estimate of drug-likeness (QED) is 0.464. The second kappa shape index (κ2) is 7.63. The molecule has 0 N–H and O–H groups in total. The molecule has 2 heteroatoms. The molecule has 0 radical (unpaired) electrons. The first-order valence-corrected chi connectivity index (χ1v) is 8.06. The molecule has 21 heavy (non-hydrogen) atoms. The highest BCUT2D eigenvalue weighted by Gasteiger charge is 2.20. The predicted octanol–water partition coefficient (Wildman–Crippen LogP) is 5.15. The summed E-state index contributed by atoms with van der Waals surface area (Å²) in [7, 11) is 0. The van der Waals surface area contributed by atoms with Crippen LogP contribution in [0.1, 0.15) is 65.9 Å². The van der Waals surface area contributed by atoms with Crippen molar-refractivity contribution in [3.8, 4) is 5.75 Å². The molecule has 0 aromatic heterocycles. The summed E-state index contributed by atoms with van der Waals surface area (Å²) in [6.07, 6.45) is 5.68. The maximum atomic E-state index is 11.1. The Kier molecular flexibility index (Phi) is 6.44. The van der Waals surface area contributed by atoms with Gasteiger partial charge in [0.1, 0.15) is 12.0 Å². The molecule has 0 saturated heterocycles. The first kappa shape index (κ1) is 17.7. The average molecular weight is 290 g/mol. The van der Waals surface area contributed by atoms with Crippen LogP contribution in [-0.4, -0.2) is 12.9 Å². The Morgan fingerprint density at radius 2 is 1.81 bits per heavy atom. The second-order valence-electron chi connectivity index (χ2n) is 6.84. The van der Waals surface area contributed by atoms with Gasteiger partial charge < -0.3 is 9.53 Å². The molecule has 1 aromatic carbocycles. The first-order valence-electron chi connectivity index (χ1n) is 8.06. The molecule has 0 heterocycles. The van der Waals surface area contributed by atoms with Gasteiger partial charge in [0.05, 0.1) is 6.61 Å². The first-order chi connectivity index (χ1) is 9.87. The lowest BCUT2D eigenvalue weighted by atomic mass is 9.80. The molecule has 0 atom stereocenters. The number of rotatable bonds is 9. The molecular weight excluding hydrogens is 260 g/mol. The van der Waals surface area contributed by atoms with Gasteiger partial charge in [0.2, 0.25) is 0 Å². The number of ether oxygens (including phenoxy) is 1. The smallest absolute Gasteiger partial charge is 0.129 e. The molecule has 0 bridgehead atoms. The van der Waals surface area contributed by atoms with Crippen molar-refractivity contribution in [2.24, 2.45) is 5.41 Å². The summed E-state index contributed by atoms with van der Waals surface area (Å²) in [6, 6.07) is 7.88. The SMILES string of the molecule is CCC(C)(CC)CCCOc1cccc(C(C)(C)C=O)c1. The predicted molar refractivity (Wildman–Crippen MR) is 89.0 cm³/mol. The minimum atomic E-state index is -0.456. The molecule has 0 aliphatic rings. The van der Waals surface area contributed by atoms with Crippen molar-refractivity contribution in [1.29, 1.82) is 0 Å². The van der Waals surface area contributed by atoms with Crippen molar-refractivity contribution in [3.63, 3.8) is 0 Å². The fourth-order valence-corrected chi connectivity index (χ4v) is 2.35. The molecule has 118 valence electrons. The number of hydrogen-bond acceptors (Lipinski definition) is 2. The number of benzene rings is 1. The van der Waals surface area contributed by atoms with E-state index in [1.807, 2.05) is 38.1 Å². The molecule has 0 aliphatic carbocycles. The molecule has 0 aliphatic heterocycles. The van der Waals surface area contributed by atoms with E-state index in [-0.39, 0.29) is 0 Å². The van der Waals surface area contributed by atoms with Gasteiger partial charge in [-0.1, -0.05) is 45.7 Å². The Morgan fingerprint density at radius 3 is 2.38 bits per heavy atom. The highest BCUT2D eigenvalue weighted by Crippen LogP contribution is 2.31. The lowest BCUT2D eigenvalue weighted by Gasteiger charge is -2.26. The molecule has 2 nitrogen and oxygen atoms in total. The summed E-state index contributed by atoms with van der Waals surface area (Å²) < 4.78 is 5.85. The van der Waals surface area contributed by atoms with E-state index in [1.54, 1.807) is 0 Å². The number of carbonyl (C=O) groups excluding carboxylic acids is 1. The van der Waals surface area contributed by atoms with Crippen LogP contribution in [0.4, 0.5) is 0 Å². The van der Waals surface area contributed by atoms with Crippen molar-refractivity contribution in [1.82, 2.24) is 0 Å². The third-order valence-corrected chi connectivity index (χ3v) is 4.77. The molecule has 1 aromatic rings. The van der Waals surface area contributed by atoms with E-state index in [4.69, 9.17) is 4.74 Å². The van der Waals surface area contributed by atoms with Crippen LogP contribution in [0.5, 0.6) is 5.75 Å². The minimum absolute atomic E-state index is 0.435. The van der Waals surface area contributed by atoms with Crippen LogP contribution in [-0.2, 0) is 10.2 Å². The van der Waals surface area contributed by atoms with E-state index in [2.05, 4.69) is 20.8 Å². The second-order valence-corrected chi connectivity index (χ2v) is 6.84. The Balaban J connectivity index is 2.54. The van der Waals surface area contributed by atoms with Crippen LogP contribution in [0.2, 0.25) is 0 Å². The van der Waals surface area contributed by atoms with Crippen LogP contribution in [0.25, 0.3) is 0 Å². The van der Waals surface area contributed by atoms with Crippen LogP contribution >= 0.6 is 0 Å². The number of carbonyl (C=O) groups is 1. The maximum absolute atomic E-state index is 11.1. The van der Waals surface area contributed by atoms with Gasteiger partial charge in [0, 0.05) is 5.41 Å². The summed E-state index contributed by atoms with van der Waals surface area (Å²) in [6.45, 7) is 11.4. The molecular formula is C19H30O2. The topological polar surface area (TPSA) is 26.3 Å². The van der Waals surface area contributed by atoms with Crippen LogP contribution in [0, 0.1) is 5.41 Å². The number of aldehydes is 1. The van der Waals surface area contributed by atoms with Gasteiger partial charge in [-0.25, -0.2) is 0 Å². The van der Waals surface area contributed by atoms with Crippen molar-refractivity contribution in [2.75, 3.05) is 6.61 Å². The van der Waals surface area contributed by atoms with Crippen molar-refractivity contribution in [2.45, 2.75) is 65.7 Å². The number of hydrogen-bond donors (Lipinski definition) is 0. The van der Waals surface area contributed by atoms with E-state index in [9.17, 15) is 4.79 Å². The fourth-order valence-electron chi connectivity index (χ4n) is 2.35. The third kappa shape index (κ3) is 5.18. The van der Waals surface area contributed by atoms with Gasteiger partial charge in [0.25, 0.3) is 0 Å². The lowest BCUT2D eigenvalue weighted by molar-refractivity contribution is -0.111. The van der Waals surface area contributed by atoms with Crippen LogP contribution in [0.15, 0.2) is 24.3 Å². The van der Waals surface area contributed by atoms with E-state index >= 15 is 0 Å². The Hall–Kier alpha value is -1.31. The molecule has 0 amide bonds. The normalized spacial score (nSPS) is 12.2. The van der Waals surface area contributed by atoms with Crippen molar-refractivity contribution in [3.05, 3.63) is 29.8 Å². The monoisotopic (exact) mass is 290 g/mol. The summed E-state index contributed by atoms with van der Waals surface area (Å²) in [5.74, 6) is 0.858. The lowest BCUT2D eigenvalue weighted by Crippen LogP contribution is -2.18. The molecule has 0 spiro atoms. The standard InChI is InChI=1S/C19H30O2/c1-6-19(5,7-2)12-9-13-21-17-11-8-10-16(14-17)18(3,4)15-20/h8,10-11,14-15H,6-7,9,12-13H2,1-5H3. The third-order valence-electron chi connectivity index (χ3n) is 4.77. The van der Waals surface area contributed by atoms with Crippen molar-refractivity contribution >= 4 is 6.29 Å². The Bertz CT molecular complexity index is 445. The van der Waals surface area contributed by atoms with Crippen LogP contribution in [0.3, 0.4) is 0 Å². The van der Waals surface area contributed by atoms with E-state index < -0.39 is 5.41 Å². The highest BCUT2D eigenvalue weighted by atomic mass is 16.5. The summed E-state index contributed by atoms with van der Waals surface area (Å²) in [4.78, 5) is 11.1. The van der Waals surface area contributed by atoms with E-state index in [0.29, 0.717) is 5.41 Å². The Morgan fingerprint density at radius 1 is 1.14 bits per heavy atom. The largest absolute Gasteiger partial charge is 0.494 e. The average Bonchev–Trinajstić information content (AvgIpc) is 2.51. The van der Waals surface area contributed by atoms with Gasteiger partial charge >= 0.3 is 0 Å². The van der Waals surface area contributed by atoms with Gasteiger partial charge in [-0.15, -0.1) is 0 Å². The van der Waals surface area contributed by atoms with Gasteiger partial charge in [0.15, 0.2) is 0 Å². The zero-order valence-corrected chi connectivity index (χ0v) is 14.2. The highest BCUT2D eigenvalue weighted by molar-refractivity contribution is 5.67. The Labute approximate surface area is 129 Å². The molecule has 1 rings (SSSR count). The summed E-state index contributed by atoms with van der Waals surface area (Å²) >= 11 is 0. The fraction of sp³-hybridized carbons (Fsp3) is 0.632. The van der Waals surface area contributed by atoms with Crippen LogP contribution < -0.4 is 4.74 Å². The molecule has 0 saturated carbocycles. The zero-order chi connectivity index (χ0) is 15.9. The molecule has 0 unspecified atom stereocenters. The summed E-state index contributed by atoms with van der Waals surface area (Å²) in [5, 5.41) is 0. The van der Waals surface area contributed by atoms with E-state index in [0.717, 1.165) is 30.6 Å².